The highest BCUT2D eigenvalue weighted by atomic mass is 127. The molecule has 0 aliphatic carbocycles. The molecule has 1 aliphatic rings. The quantitative estimate of drug-likeness (QED) is 0.421. The first-order chi connectivity index (χ1) is 13.3. The molecule has 0 spiro atoms. The standard InChI is InChI=1S/C18H20Cl2FIN4O2/c1-10-8-24(14-7-15(28-3)12(19)6-13(14)21)4-5-25(10)16(9-27)26-11(2)17(20)18(22)23-26/h6-7,9-10,16H,4-5,8H2,1-3H3/t10-,16?/m0/s1. The Kier molecular flexibility index (Phi) is 6.73. The summed E-state index contributed by atoms with van der Waals surface area (Å²) in [5.74, 6) is 0.0259. The molecule has 1 aromatic heterocycles. The molecule has 28 heavy (non-hydrogen) atoms. The second-order valence-electron chi connectivity index (χ2n) is 6.66. The van der Waals surface area contributed by atoms with Gasteiger partial charge in [-0.05, 0) is 42.5 Å². The molecule has 1 fully saturated rings. The van der Waals surface area contributed by atoms with Crippen molar-refractivity contribution in [3.8, 4) is 5.75 Å². The van der Waals surface area contributed by atoms with Crippen LogP contribution < -0.4 is 9.64 Å². The monoisotopic (exact) mass is 540 g/mol. The molecule has 3 rings (SSSR count). The summed E-state index contributed by atoms with van der Waals surface area (Å²) in [6.07, 6.45) is 0.299. The Bertz CT molecular complexity index is 895. The molecule has 1 unspecified atom stereocenters. The first kappa shape index (κ1) is 21.6. The molecular weight excluding hydrogens is 521 g/mol. The lowest BCUT2D eigenvalue weighted by molar-refractivity contribution is -0.117. The first-order valence-corrected chi connectivity index (χ1v) is 10.5. The highest BCUT2D eigenvalue weighted by molar-refractivity contribution is 14.1. The van der Waals surface area contributed by atoms with E-state index in [2.05, 4.69) is 5.10 Å². The molecule has 2 aromatic rings. The molecule has 0 amide bonds. The normalized spacial score (nSPS) is 19.0. The van der Waals surface area contributed by atoms with Gasteiger partial charge in [0.2, 0.25) is 0 Å². The van der Waals surface area contributed by atoms with Crippen LogP contribution in [-0.4, -0.2) is 53.8 Å². The van der Waals surface area contributed by atoms with Crippen LogP contribution in [0.25, 0.3) is 0 Å². The number of carbonyl (C=O) groups excluding carboxylic acids is 1. The maximum atomic E-state index is 14.5. The summed E-state index contributed by atoms with van der Waals surface area (Å²) in [5.41, 5.74) is 1.18. The molecule has 0 saturated carbocycles. The number of anilines is 1. The predicted molar refractivity (Wildman–Crippen MR) is 116 cm³/mol. The van der Waals surface area contributed by atoms with E-state index in [0.29, 0.717) is 39.8 Å². The van der Waals surface area contributed by atoms with E-state index < -0.39 is 12.0 Å². The zero-order valence-corrected chi connectivity index (χ0v) is 19.3. The van der Waals surface area contributed by atoms with Crippen LogP contribution >= 0.6 is 45.8 Å². The van der Waals surface area contributed by atoms with Gasteiger partial charge in [-0.1, -0.05) is 23.2 Å². The van der Waals surface area contributed by atoms with Crippen LogP contribution in [0.15, 0.2) is 12.1 Å². The molecule has 0 bridgehead atoms. The number of benzene rings is 1. The maximum absolute atomic E-state index is 14.5. The molecule has 2 heterocycles. The van der Waals surface area contributed by atoms with Gasteiger partial charge in [0.1, 0.15) is 15.3 Å². The number of hydrogen-bond donors (Lipinski definition) is 0. The first-order valence-electron chi connectivity index (χ1n) is 8.67. The molecule has 1 saturated heterocycles. The number of rotatable bonds is 5. The minimum Gasteiger partial charge on any atom is -0.495 e. The van der Waals surface area contributed by atoms with Gasteiger partial charge >= 0.3 is 0 Å². The van der Waals surface area contributed by atoms with Crippen molar-refractivity contribution in [1.29, 1.82) is 0 Å². The lowest BCUT2D eigenvalue weighted by Gasteiger charge is -2.43. The van der Waals surface area contributed by atoms with Crippen LogP contribution in [0, 0.1) is 16.4 Å². The van der Waals surface area contributed by atoms with Crippen LogP contribution in [0.5, 0.6) is 5.75 Å². The van der Waals surface area contributed by atoms with Gasteiger partial charge in [0, 0.05) is 31.7 Å². The summed E-state index contributed by atoms with van der Waals surface area (Å²) in [7, 11) is 1.50. The number of nitrogens with zero attached hydrogens (tertiary/aromatic N) is 4. The van der Waals surface area contributed by atoms with Crippen molar-refractivity contribution in [1.82, 2.24) is 14.7 Å². The van der Waals surface area contributed by atoms with Crippen molar-refractivity contribution >= 4 is 57.8 Å². The Hall–Kier alpha value is -1.10. The van der Waals surface area contributed by atoms with Crippen molar-refractivity contribution in [2.24, 2.45) is 0 Å². The Labute approximate surface area is 186 Å². The largest absolute Gasteiger partial charge is 0.495 e. The van der Waals surface area contributed by atoms with Gasteiger partial charge in [-0.25, -0.2) is 9.07 Å². The van der Waals surface area contributed by atoms with Crippen molar-refractivity contribution in [3.05, 3.63) is 37.4 Å². The molecule has 0 radical (unpaired) electrons. The third-order valence-corrected chi connectivity index (χ3v) is 6.81. The molecule has 6 nitrogen and oxygen atoms in total. The van der Waals surface area contributed by atoms with Crippen LogP contribution in [0.3, 0.4) is 0 Å². The van der Waals surface area contributed by atoms with E-state index >= 15 is 0 Å². The SMILES string of the molecule is COc1cc(N2CCN(C(C=O)n3nc(I)c(Cl)c3C)[C@@H](C)C2)c(F)cc1Cl. The van der Waals surface area contributed by atoms with E-state index in [1.165, 1.54) is 13.2 Å². The Morgan fingerprint density at radius 1 is 1.39 bits per heavy atom. The van der Waals surface area contributed by atoms with E-state index in [-0.39, 0.29) is 11.1 Å². The van der Waals surface area contributed by atoms with E-state index in [1.807, 2.05) is 46.2 Å². The molecule has 152 valence electrons. The number of carbonyl (C=O) groups is 1. The molecule has 0 N–H and O–H groups in total. The number of ether oxygens (including phenoxy) is 1. The Morgan fingerprint density at radius 3 is 2.64 bits per heavy atom. The topological polar surface area (TPSA) is 50.6 Å². The summed E-state index contributed by atoms with van der Waals surface area (Å²) in [6.45, 7) is 5.48. The summed E-state index contributed by atoms with van der Waals surface area (Å²) in [5, 5.41) is 5.19. The molecule has 1 aromatic carbocycles. The number of hydrogen-bond acceptors (Lipinski definition) is 5. The Balaban J connectivity index is 1.83. The van der Waals surface area contributed by atoms with Gasteiger partial charge in [0.15, 0.2) is 12.5 Å². The van der Waals surface area contributed by atoms with E-state index in [4.69, 9.17) is 27.9 Å². The van der Waals surface area contributed by atoms with Crippen LogP contribution in [0.2, 0.25) is 10.0 Å². The lowest BCUT2D eigenvalue weighted by Crippen LogP contribution is -2.54. The predicted octanol–water partition coefficient (Wildman–Crippen LogP) is 4.16. The third-order valence-electron chi connectivity index (χ3n) is 4.99. The van der Waals surface area contributed by atoms with Gasteiger partial charge < -0.3 is 9.64 Å². The number of halogens is 4. The lowest BCUT2D eigenvalue weighted by atomic mass is 10.1. The highest BCUT2D eigenvalue weighted by Crippen LogP contribution is 2.34. The van der Waals surface area contributed by atoms with Gasteiger partial charge in [0.25, 0.3) is 0 Å². The van der Waals surface area contributed by atoms with E-state index in [0.717, 1.165) is 12.0 Å². The van der Waals surface area contributed by atoms with Crippen LogP contribution in [0.4, 0.5) is 10.1 Å². The maximum Gasteiger partial charge on any atom is 0.161 e. The number of piperazine rings is 1. The summed E-state index contributed by atoms with van der Waals surface area (Å²) in [4.78, 5) is 15.9. The molecule has 2 atom stereocenters. The number of methoxy groups -OCH3 is 1. The molecule has 1 aliphatic heterocycles. The smallest absolute Gasteiger partial charge is 0.161 e. The fourth-order valence-electron chi connectivity index (χ4n) is 3.50. The number of aldehydes is 1. The van der Waals surface area contributed by atoms with Gasteiger partial charge in [0.05, 0.1) is 28.5 Å². The highest BCUT2D eigenvalue weighted by Gasteiger charge is 2.33. The summed E-state index contributed by atoms with van der Waals surface area (Å²) in [6, 6.07) is 2.85. The average Bonchev–Trinajstić information content (AvgIpc) is 2.91. The number of aromatic nitrogens is 2. The molecule has 10 heteroatoms. The van der Waals surface area contributed by atoms with Crippen molar-refractivity contribution in [2.75, 3.05) is 31.6 Å². The Morgan fingerprint density at radius 2 is 2.11 bits per heavy atom. The minimum absolute atomic E-state index is 0.0231. The second kappa shape index (κ2) is 8.73. The van der Waals surface area contributed by atoms with Gasteiger partial charge in [-0.3, -0.25) is 9.69 Å². The summed E-state index contributed by atoms with van der Waals surface area (Å²) < 4.78 is 22.0. The van der Waals surface area contributed by atoms with Crippen LogP contribution in [0.1, 0.15) is 18.8 Å². The van der Waals surface area contributed by atoms with E-state index in [1.54, 1.807) is 10.7 Å². The summed E-state index contributed by atoms with van der Waals surface area (Å²) >= 11 is 14.3. The van der Waals surface area contributed by atoms with Gasteiger partial charge in [-0.2, -0.15) is 5.10 Å². The fourth-order valence-corrected chi connectivity index (χ4v) is 4.47. The molecular formula is C18H20Cl2FIN4O2. The van der Waals surface area contributed by atoms with Crippen molar-refractivity contribution in [3.63, 3.8) is 0 Å². The van der Waals surface area contributed by atoms with E-state index in [9.17, 15) is 9.18 Å². The second-order valence-corrected chi connectivity index (χ2v) is 8.46. The zero-order chi connectivity index (χ0) is 20.6. The van der Waals surface area contributed by atoms with Gasteiger partial charge in [-0.15, -0.1) is 0 Å². The van der Waals surface area contributed by atoms with Crippen molar-refractivity contribution in [2.45, 2.75) is 26.1 Å². The minimum atomic E-state index is -0.567. The fraction of sp³-hybridized carbons (Fsp3) is 0.444. The van der Waals surface area contributed by atoms with Crippen molar-refractivity contribution < 1.29 is 13.9 Å². The zero-order valence-electron chi connectivity index (χ0n) is 15.6. The van der Waals surface area contributed by atoms with Crippen LogP contribution in [-0.2, 0) is 4.79 Å². The average molecular weight is 541 g/mol. The third kappa shape index (κ3) is 3.96.